The topological polar surface area (TPSA) is 93.7 Å². The molecule has 1 amide bonds. The molecule has 0 atom stereocenters. The van der Waals surface area contributed by atoms with Gasteiger partial charge in [0.15, 0.2) is 11.5 Å². The van der Waals surface area contributed by atoms with Crippen molar-refractivity contribution in [2.24, 2.45) is 0 Å². The fourth-order valence-electron chi connectivity index (χ4n) is 3.00. The number of hydrogen-bond acceptors (Lipinski definition) is 5. The molecule has 2 aromatic carbocycles. The van der Waals surface area contributed by atoms with Crippen LogP contribution in [0.3, 0.4) is 0 Å². The molecule has 0 aliphatic carbocycles. The zero-order chi connectivity index (χ0) is 19.6. The molecule has 2 aromatic rings. The quantitative estimate of drug-likeness (QED) is 0.817. The van der Waals surface area contributed by atoms with E-state index in [0.29, 0.717) is 30.4 Å². The molecule has 1 heterocycles. The molecule has 3 rings (SSSR count). The third-order valence-corrected chi connectivity index (χ3v) is 5.59. The second-order valence-corrected chi connectivity index (χ2v) is 8.22. The average molecular weight is 390 g/mol. The Morgan fingerprint density at radius 2 is 1.63 bits per heavy atom. The third-order valence-electron chi connectivity index (χ3n) is 4.19. The molecule has 0 fully saturated rings. The van der Waals surface area contributed by atoms with Gasteiger partial charge in [-0.2, -0.15) is 0 Å². The normalized spacial score (nSPS) is 13.3. The Morgan fingerprint density at radius 3 is 2.30 bits per heavy atom. The summed E-state index contributed by atoms with van der Waals surface area (Å²) >= 11 is 0. The van der Waals surface area contributed by atoms with Gasteiger partial charge in [0.05, 0.1) is 11.4 Å². The van der Waals surface area contributed by atoms with Crippen molar-refractivity contribution in [1.82, 2.24) is 4.72 Å². The molecule has 2 N–H and O–H groups in total. The average Bonchev–Trinajstić information content (AvgIpc) is 2.62. The first kappa shape index (κ1) is 19.2. The van der Waals surface area contributed by atoms with Crippen LogP contribution in [-0.4, -0.2) is 34.1 Å². The van der Waals surface area contributed by atoms with Crippen molar-refractivity contribution in [1.29, 1.82) is 0 Å². The van der Waals surface area contributed by atoms with Gasteiger partial charge in [-0.1, -0.05) is 17.7 Å². The third kappa shape index (κ3) is 4.40. The molecule has 0 unspecified atom stereocenters. The number of nitrogens with one attached hydrogen (secondary N) is 2. The van der Waals surface area contributed by atoms with E-state index in [2.05, 4.69) is 10.0 Å². The molecule has 0 aromatic heterocycles. The predicted molar refractivity (Wildman–Crippen MR) is 102 cm³/mol. The molecule has 0 spiro atoms. The summed E-state index contributed by atoms with van der Waals surface area (Å²) in [6, 6.07) is 8.27. The molecule has 1 aliphatic rings. The highest BCUT2D eigenvalue weighted by Gasteiger charge is 2.20. The van der Waals surface area contributed by atoms with Gasteiger partial charge in [-0.3, -0.25) is 4.79 Å². The van der Waals surface area contributed by atoms with Gasteiger partial charge in [0, 0.05) is 11.8 Å². The van der Waals surface area contributed by atoms with Crippen LogP contribution in [0.4, 0.5) is 5.69 Å². The van der Waals surface area contributed by atoms with Gasteiger partial charge >= 0.3 is 0 Å². The van der Waals surface area contributed by atoms with E-state index in [1.165, 1.54) is 12.1 Å². The van der Waals surface area contributed by atoms with Crippen molar-refractivity contribution in [3.05, 3.63) is 47.0 Å². The van der Waals surface area contributed by atoms with Gasteiger partial charge < -0.3 is 14.8 Å². The van der Waals surface area contributed by atoms with Crippen molar-refractivity contribution in [3.63, 3.8) is 0 Å². The molecular weight excluding hydrogens is 368 g/mol. The molecule has 8 heteroatoms. The number of sulfonamides is 1. The Hall–Kier alpha value is -2.58. The second-order valence-electron chi connectivity index (χ2n) is 6.45. The minimum absolute atomic E-state index is 0.0160. The van der Waals surface area contributed by atoms with Crippen LogP contribution in [0.5, 0.6) is 11.5 Å². The van der Waals surface area contributed by atoms with E-state index in [1.807, 2.05) is 32.9 Å². The summed E-state index contributed by atoms with van der Waals surface area (Å²) in [5.41, 5.74) is 3.65. The van der Waals surface area contributed by atoms with Crippen LogP contribution in [0.15, 0.2) is 35.2 Å². The van der Waals surface area contributed by atoms with E-state index in [9.17, 15) is 13.2 Å². The van der Waals surface area contributed by atoms with Crippen LogP contribution in [-0.2, 0) is 14.8 Å². The van der Waals surface area contributed by atoms with Crippen molar-refractivity contribution in [2.75, 3.05) is 25.1 Å². The first-order chi connectivity index (χ1) is 12.8. The summed E-state index contributed by atoms with van der Waals surface area (Å²) in [5.74, 6) is 0.439. The fourth-order valence-corrected chi connectivity index (χ4v) is 3.99. The van der Waals surface area contributed by atoms with Crippen LogP contribution in [0.2, 0.25) is 0 Å². The van der Waals surface area contributed by atoms with E-state index in [4.69, 9.17) is 9.47 Å². The Morgan fingerprint density at radius 1 is 1.00 bits per heavy atom. The number of hydrogen-bond donors (Lipinski definition) is 2. The number of rotatable bonds is 5. The van der Waals surface area contributed by atoms with Gasteiger partial charge in [0.2, 0.25) is 15.9 Å². The fraction of sp³-hybridized carbons (Fsp3) is 0.316. The van der Waals surface area contributed by atoms with Crippen molar-refractivity contribution >= 4 is 21.6 Å². The largest absolute Gasteiger partial charge is 0.486 e. The maximum absolute atomic E-state index is 12.5. The number of anilines is 1. The number of ether oxygens (including phenoxy) is 2. The number of aryl methyl sites for hydroxylation is 3. The first-order valence-corrected chi connectivity index (χ1v) is 10.0. The first-order valence-electron chi connectivity index (χ1n) is 8.53. The van der Waals surface area contributed by atoms with Gasteiger partial charge in [-0.15, -0.1) is 0 Å². The van der Waals surface area contributed by atoms with Crippen LogP contribution in [0, 0.1) is 20.8 Å². The van der Waals surface area contributed by atoms with Gasteiger partial charge in [-0.25, -0.2) is 13.1 Å². The second kappa shape index (κ2) is 7.58. The Balaban J connectivity index is 1.68. The molecule has 1 aliphatic heterocycles. The lowest BCUT2D eigenvalue weighted by molar-refractivity contribution is -0.115. The Kier molecular flexibility index (Phi) is 5.38. The maximum atomic E-state index is 12.5. The van der Waals surface area contributed by atoms with E-state index in [0.717, 1.165) is 16.7 Å². The summed E-state index contributed by atoms with van der Waals surface area (Å²) in [7, 11) is -3.85. The van der Waals surface area contributed by atoms with E-state index in [1.54, 1.807) is 6.07 Å². The molecule has 0 saturated carbocycles. The number of carbonyl (C=O) groups excluding carboxylic acids is 1. The SMILES string of the molecule is Cc1cc(C)c(NC(=O)CNS(=O)(=O)c2ccc3c(c2)OCCO3)c(C)c1. The summed E-state index contributed by atoms with van der Waals surface area (Å²) in [4.78, 5) is 12.2. The highest BCUT2D eigenvalue weighted by Crippen LogP contribution is 2.32. The Bertz CT molecular complexity index is 963. The number of benzene rings is 2. The molecule has 7 nitrogen and oxygen atoms in total. The van der Waals surface area contributed by atoms with Gasteiger partial charge in [-0.05, 0) is 44.0 Å². The highest BCUT2D eigenvalue weighted by molar-refractivity contribution is 7.89. The summed E-state index contributed by atoms with van der Waals surface area (Å²) in [5, 5.41) is 2.77. The van der Waals surface area contributed by atoms with E-state index >= 15 is 0 Å². The molecule has 0 saturated heterocycles. The minimum Gasteiger partial charge on any atom is -0.486 e. The lowest BCUT2D eigenvalue weighted by atomic mass is 10.1. The van der Waals surface area contributed by atoms with Crippen molar-refractivity contribution in [2.45, 2.75) is 25.7 Å². The zero-order valence-electron chi connectivity index (χ0n) is 15.5. The number of carbonyl (C=O) groups is 1. The monoisotopic (exact) mass is 390 g/mol. The number of fused-ring (bicyclic) bond motifs is 1. The minimum atomic E-state index is -3.85. The van der Waals surface area contributed by atoms with Gasteiger partial charge in [0.1, 0.15) is 13.2 Å². The van der Waals surface area contributed by atoms with Crippen LogP contribution in [0.25, 0.3) is 0 Å². The molecule has 0 bridgehead atoms. The van der Waals surface area contributed by atoms with Crippen LogP contribution in [0.1, 0.15) is 16.7 Å². The standard InChI is InChI=1S/C19H22N2O5S/c1-12-8-13(2)19(14(3)9-12)21-18(22)11-20-27(23,24)15-4-5-16-17(10-15)26-7-6-25-16/h4-5,8-10,20H,6-7,11H2,1-3H3,(H,21,22). The zero-order valence-corrected chi connectivity index (χ0v) is 16.3. The smallest absolute Gasteiger partial charge is 0.241 e. The molecule has 144 valence electrons. The molecule has 0 radical (unpaired) electrons. The van der Waals surface area contributed by atoms with Crippen LogP contribution >= 0.6 is 0 Å². The number of amides is 1. The molecule has 27 heavy (non-hydrogen) atoms. The maximum Gasteiger partial charge on any atom is 0.241 e. The predicted octanol–water partition coefficient (Wildman–Crippen LogP) is 2.30. The Labute approximate surface area is 158 Å². The lowest BCUT2D eigenvalue weighted by Gasteiger charge is -2.19. The highest BCUT2D eigenvalue weighted by atomic mass is 32.2. The van der Waals surface area contributed by atoms with Gasteiger partial charge in [0.25, 0.3) is 0 Å². The lowest BCUT2D eigenvalue weighted by Crippen LogP contribution is -2.33. The van der Waals surface area contributed by atoms with Crippen molar-refractivity contribution in [3.8, 4) is 11.5 Å². The van der Waals surface area contributed by atoms with E-state index < -0.39 is 15.9 Å². The summed E-state index contributed by atoms with van der Waals surface area (Å²) in [6.07, 6.45) is 0. The molecular formula is C19H22N2O5S. The van der Waals surface area contributed by atoms with Crippen molar-refractivity contribution < 1.29 is 22.7 Å². The van der Waals surface area contributed by atoms with E-state index in [-0.39, 0.29) is 11.4 Å². The van der Waals surface area contributed by atoms with Crippen LogP contribution < -0.4 is 19.5 Å². The summed E-state index contributed by atoms with van der Waals surface area (Å²) in [6.45, 7) is 6.19. The summed E-state index contributed by atoms with van der Waals surface area (Å²) < 4.78 is 38.0.